The second kappa shape index (κ2) is 9.41. The van der Waals surface area contributed by atoms with Crippen LogP contribution in [0.3, 0.4) is 0 Å². The molecule has 1 aliphatic rings. The molecule has 0 saturated heterocycles. The molecule has 2 atom stereocenters. The molecule has 2 rings (SSSR count). The van der Waals surface area contributed by atoms with E-state index in [0.717, 1.165) is 11.3 Å². The molecule has 1 saturated carbocycles. The highest BCUT2D eigenvalue weighted by Crippen LogP contribution is 2.27. The van der Waals surface area contributed by atoms with Gasteiger partial charge in [-0.3, -0.25) is 4.79 Å². The largest absolute Gasteiger partial charge is 0.382 e. The third-order valence-corrected chi connectivity index (χ3v) is 4.90. The minimum atomic E-state index is -1.10. The number of rotatable bonds is 6. The topological polar surface area (TPSA) is 75.3 Å². The summed E-state index contributed by atoms with van der Waals surface area (Å²) in [4.78, 5) is 13.0. The zero-order valence-corrected chi connectivity index (χ0v) is 13.8. The summed E-state index contributed by atoms with van der Waals surface area (Å²) < 4.78 is 0. The molecule has 1 aliphatic carbocycles. The minimum Gasteiger partial charge on any atom is -0.382 e. The number of halogens is 1. The third kappa shape index (κ3) is 5.94. The lowest BCUT2D eigenvalue weighted by Crippen LogP contribution is -2.47. The molecule has 0 bridgehead atoms. The van der Waals surface area contributed by atoms with E-state index in [9.17, 15) is 9.90 Å². The Morgan fingerprint density at radius 2 is 2.14 bits per heavy atom. The van der Waals surface area contributed by atoms with E-state index >= 15 is 0 Å². The number of carbonyl (C=O) groups is 1. The lowest BCUT2D eigenvalue weighted by atomic mass is 9.84. The quantitative estimate of drug-likeness (QED) is 0.749. The van der Waals surface area contributed by atoms with Crippen molar-refractivity contribution in [1.82, 2.24) is 5.32 Å². The average Bonchev–Trinajstić information content (AvgIpc) is 2.98. The van der Waals surface area contributed by atoms with Gasteiger partial charge in [-0.1, -0.05) is 38.2 Å². The number of aliphatic hydroxyl groups excluding tert-OH is 1. The zero-order valence-electron chi connectivity index (χ0n) is 12.2. The van der Waals surface area contributed by atoms with Gasteiger partial charge in [-0.15, -0.1) is 23.7 Å². The van der Waals surface area contributed by atoms with Gasteiger partial charge in [0.2, 0.25) is 0 Å². The van der Waals surface area contributed by atoms with Gasteiger partial charge in [0.15, 0.2) is 0 Å². The molecular formula is C15H25ClN2O2S. The van der Waals surface area contributed by atoms with Gasteiger partial charge in [-0.2, -0.15) is 0 Å². The predicted octanol–water partition coefficient (Wildman–Crippen LogP) is 2.44. The van der Waals surface area contributed by atoms with Crippen molar-refractivity contribution in [2.75, 3.05) is 0 Å². The number of thiophene rings is 1. The van der Waals surface area contributed by atoms with Gasteiger partial charge in [0.1, 0.15) is 6.10 Å². The van der Waals surface area contributed by atoms with E-state index < -0.39 is 12.1 Å². The molecule has 4 N–H and O–H groups in total. The van der Waals surface area contributed by atoms with Crippen LogP contribution in [0.15, 0.2) is 17.5 Å². The molecule has 0 aliphatic heterocycles. The van der Waals surface area contributed by atoms with Crippen molar-refractivity contribution in [3.63, 3.8) is 0 Å². The van der Waals surface area contributed by atoms with Crippen LogP contribution >= 0.6 is 23.7 Å². The van der Waals surface area contributed by atoms with Crippen molar-refractivity contribution >= 4 is 29.7 Å². The zero-order chi connectivity index (χ0) is 14.4. The monoisotopic (exact) mass is 332 g/mol. The van der Waals surface area contributed by atoms with Crippen LogP contribution in [0, 0.1) is 5.92 Å². The minimum absolute atomic E-state index is 0. The first kappa shape index (κ1) is 18.4. The summed E-state index contributed by atoms with van der Waals surface area (Å²) in [6.45, 7) is 0.462. The first-order chi connectivity index (χ1) is 9.66. The Labute approximate surface area is 136 Å². The Balaban J connectivity index is 0.00000220. The molecule has 1 heterocycles. The summed E-state index contributed by atoms with van der Waals surface area (Å²) in [5.41, 5.74) is 5.99. The first-order valence-corrected chi connectivity index (χ1v) is 8.28. The second-order valence-electron chi connectivity index (χ2n) is 5.65. The molecule has 21 heavy (non-hydrogen) atoms. The van der Waals surface area contributed by atoms with E-state index in [0.29, 0.717) is 12.5 Å². The van der Waals surface area contributed by atoms with Crippen LogP contribution in [0.1, 0.15) is 43.4 Å². The van der Waals surface area contributed by atoms with Crippen molar-refractivity contribution in [2.45, 2.75) is 57.2 Å². The Morgan fingerprint density at radius 1 is 1.43 bits per heavy atom. The normalized spacial score (nSPS) is 18.6. The SMILES string of the molecule is Cl.N[C@H](CC1CCCCC1)C(O)C(=O)NCc1cccs1. The number of nitrogens with one attached hydrogen (secondary N) is 1. The Morgan fingerprint density at radius 3 is 2.76 bits per heavy atom. The molecule has 1 aromatic heterocycles. The summed E-state index contributed by atoms with van der Waals surface area (Å²) in [6, 6.07) is 3.44. The standard InChI is InChI=1S/C15H24N2O2S.ClH/c16-13(9-11-5-2-1-3-6-11)14(18)15(19)17-10-12-7-4-8-20-12;/h4,7-8,11,13-14,18H,1-3,5-6,9-10,16H2,(H,17,19);1H/t13-,14?;/m1./s1. The highest BCUT2D eigenvalue weighted by Gasteiger charge is 2.26. The maximum absolute atomic E-state index is 11.9. The van der Waals surface area contributed by atoms with Gasteiger partial charge in [0.05, 0.1) is 6.54 Å². The molecule has 0 spiro atoms. The van der Waals surface area contributed by atoms with E-state index in [1.807, 2.05) is 17.5 Å². The van der Waals surface area contributed by atoms with Crippen molar-refractivity contribution in [3.8, 4) is 0 Å². The van der Waals surface area contributed by atoms with Crippen LogP contribution < -0.4 is 11.1 Å². The van der Waals surface area contributed by atoms with Gasteiger partial charge in [0.25, 0.3) is 5.91 Å². The maximum Gasteiger partial charge on any atom is 0.250 e. The first-order valence-electron chi connectivity index (χ1n) is 7.40. The molecule has 4 nitrogen and oxygen atoms in total. The molecule has 1 amide bonds. The fourth-order valence-electron chi connectivity index (χ4n) is 2.82. The molecule has 1 aromatic rings. The maximum atomic E-state index is 11.9. The third-order valence-electron chi connectivity index (χ3n) is 4.02. The lowest BCUT2D eigenvalue weighted by Gasteiger charge is -2.26. The number of hydrogen-bond acceptors (Lipinski definition) is 4. The summed E-state index contributed by atoms with van der Waals surface area (Å²) in [5, 5.41) is 14.7. The van der Waals surface area contributed by atoms with Crippen LogP contribution in [0.4, 0.5) is 0 Å². The summed E-state index contributed by atoms with van der Waals surface area (Å²) in [5.74, 6) is 0.209. The van der Waals surface area contributed by atoms with E-state index in [1.54, 1.807) is 11.3 Å². The summed E-state index contributed by atoms with van der Waals surface area (Å²) in [6.07, 6.45) is 5.80. The highest BCUT2D eigenvalue weighted by molar-refractivity contribution is 7.09. The number of hydrogen-bond donors (Lipinski definition) is 3. The predicted molar refractivity (Wildman–Crippen MR) is 88.6 cm³/mol. The van der Waals surface area contributed by atoms with Crippen molar-refractivity contribution in [3.05, 3.63) is 22.4 Å². The van der Waals surface area contributed by atoms with E-state index in [-0.39, 0.29) is 18.3 Å². The van der Waals surface area contributed by atoms with Crippen molar-refractivity contribution in [1.29, 1.82) is 0 Å². The van der Waals surface area contributed by atoms with Crippen LogP contribution in [0.5, 0.6) is 0 Å². The summed E-state index contributed by atoms with van der Waals surface area (Å²) in [7, 11) is 0. The van der Waals surface area contributed by atoms with Crippen LogP contribution in [0.2, 0.25) is 0 Å². The summed E-state index contributed by atoms with van der Waals surface area (Å²) >= 11 is 1.59. The highest BCUT2D eigenvalue weighted by atomic mass is 35.5. The van der Waals surface area contributed by atoms with E-state index in [4.69, 9.17) is 5.73 Å². The number of carbonyl (C=O) groups excluding carboxylic acids is 1. The number of nitrogens with two attached hydrogens (primary N) is 1. The van der Waals surface area contributed by atoms with E-state index in [2.05, 4.69) is 5.32 Å². The molecule has 120 valence electrons. The molecular weight excluding hydrogens is 308 g/mol. The molecule has 1 fully saturated rings. The van der Waals surface area contributed by atoms with Crippen molar-refractivity contribution in [2.24, 2.45) is 11.7 Å². The van der Waals surface area contributed by atoms with Gasteiger partial charge >= 0.3 is 0 Å². The average molecular weight is 333 g/mol. The second-order valence-corrected chi connectivity index (χ2v) is 6.68. The molecule has 0 radical (unpaired) electrons. The Kier molecular flexibility index (Phi) is 8.26. The molecule has 6 heteroatoms. The van der Waals surface area contributed by atoms with Crippen LogP contribution in [0.25, 0.3) is 0 Å². The van der Waals surface area contributed by atoms with Gasteiger partial charge in [-0.05, 0) is 23.8 Å². The van der Waals surface area contributed by atoms with Crippen LogP contribution in [-0.4, -0.2) is 23.2 Å². The lowest BCUT2D eigenvalue weighted by molar-refractivity contribution is -0.130. The fourth-order valence-corrected chi connectivity index (χ4v) is 3.47. The number of amides is 1. The van der Waals surface area contributed by atoms with Gasteiger partial charge < -0.3 is 16.2 Å². The van der Waals surface area contributed by atoms with Crippen LogP contribution in [-0.2, 0) is 11.3 Å². The van der Waals surface area contributed by atoms with Gasteiger partial charge in [-0.25, -0.2) is 0 Å². The molecule has 0 aromatic carbocycles. The van der Waals surface area contributed by atoms with Gasteiger partial charge in [0, 0.05) is 10.9 Å². The number of aliphatic hydroxyl groups is 1. The fraction of sp³-hybridized carbons (Fsp3) is 0.667. The van der Waals surface area contributed by atoms with Crippen molar-refractivity contribution < 1.29 is 9.90 Å². The van der Waals surface area contributed by atoms with E-state index in [1.165, 1.54) is 32.1 Å². The Bertz CT molecular complexity index is 408. The Hall–Kier alpha value is -0.620. The smallest absolute Gasteiger partial charge is 0.250 e. The molecule has 1 unspecified atom stereocenters.